The predicted octanol–water partition coefficient (Wildman–Crippen LogP) is 3.87. The van der Waals surface area contributed by atoms with Crippen LogP contribution in [0.1, 0.15) is 27.4 Å². The summed E-state index contributed by atoms with van der Waals surface area (Å²) in [6.07, 6.45) is 1.46. The summed E-state index contributed by atoms with van der Waals surface area (Å²) in [6, 6.07) is 18.7. The number of aryl methyl sites for hydroxylation is 1. The highest BCUT2D eigenvalue weighted by atomic mass is 16.5. The number of aromatic carboxylic acids is 1. The number of para-hydroxylation sites is 1. The van der Waals surface area contributed by atoms with Gasteiger partial charge in [-0.2, -0.15) is 10.2 Å². The van der Waals surface area contributed by atoms with Crippen LogP contribution in [0.5, 0.6) is 11.5 Å². The van der Waals surface area contributed by atoms with Gasteiger partial charge in [0.1, 0.15) is 18.0 Å². The third-order valence-corrected chi connectivity index (χ3v) is 5.02. The number of aromatic nitrogens is 4. The van der Waals surface area contributed by atoms with E-state index in [0.29, 0.717) is 17.9 Å². The number of carboxylic acids is 1. The van der Waals surface area contributed by atoms with Crippen LogP contribution in [0, 0.1) is 13.8 Å². The maximum absolute atomic E-state index is 12.5. The number of anilines is 1. The maximum atomic E-state index is 12.5. The molecule has 9 heteroatoms. The van der Waals surface area contributed by atoms with Gasteiger partial charge >= 0.3 is 5.97 Å². The number of ether oxygens (including phenoxy) is 1. The summed E-state index contributed by atoms with van der Waals surface area (Å²) in [5.74, 6) is 0.0338. The summed E-state index contributed by atoms with van der Waals surface area (Å²) >= 11 is 0. The fourth-order valence-corrected chi connectivity index (χ4v) is 3.43. The van der Waals surface area contributed by atoms with Crippen LogP contribution in [0.3, 0.4) is 0 Å². The SMILES string of the molecule is Cc1nn(Cc2cccc(Oc3ccccc3)c2)c(C)c1NC(=O)Cn1ccc(C(=O)O)n1. The molecule has 2 aromatic heterocycles. The molecule has 9 nitrogen and oxygen atoms in total. The number of rotatable bonds is 8. The molecule has 0 radical (unpaired) electrons. The zero-order valence-electron chi connectivity index (χ0n) is 18.2. The second kappa shape index (κ2) is 9.39. The van der Waals surface area contributed by atoms with Crippen molar-refractivity contribution in [1.29, 1.82) is 0 Å². The van der Waals surface area contributed by atoms with Crippen molar-refractivity contribution in [3.8, 4) is 11.5 Å². The number of carboxylic acid groups (broad SMARTS) is 1. The second-order valence-corrected chi connectivity index (χ2v) is 7.52. The molecule has 2 aromatic carbocycles. The zero-order valence-corrected chi connectivity index (χ0v) is 18.2. The van der Waals surface area contributed by atoms with Crippen LogP contribution in [0.4, 0.5) is 5.69 Å². The monoisotopic (exact) mass is 445 g/mol. The Balaban J connectivity index is 1.44. The summed E-state index contributed by atoms with van der Waals surface area (Å²) in [5, 5.41) is 20.2. The summed E-state index contributed by atoms with van der Waals surface area (Å²) in [6.45, 7) is 4.12. The largest absolute Gasteiger partial charge is 0.476 e. The molecule has 0 spiro atoms. The van der Waals surface area contributed by atoms with Crippen molar-refractivity contribution in [1.82, 2.24) is 19.6 Å². The number of benzene rings is 2. The number of carbonyl (C=O) groups excluding carboxylic acids is 1. The van der Waals surface area contributed by atoms with Gasteiger partial charge in [0.25, 0.3) is 0 Å². The number of amides is 1. The normalized spacial score (nSPS) is 10.7. The Labute approximate surface area is 190 Å². The average Bonchev–Trinajstić information content (AvgIpc) is 3.35. The van der Waals surface area contributed by atoms with Crippen LogP contribution in [-0.2, 0) is 17.9 Å². The van der Waals surface area contributed by atoms with Crippen LogP contribution >= 0.6 is 0 Å². The van der Waals surface area contributed by atoms with Gasteiger partial charge in [0.05, 0.1) is 23.6 Å². The summed E-state index contributed by atoms with van der Waals surface area (Å²) in [7, 11) is 0. The summed E-state index contributed by atoms with van der Waals surface area (Å²) < 4.78 is 9.02. The minimum atomic E-state index is -1.14. The molecule has 0 saturated heterocycles. The zero-order chi connectivity index (χ0) is 23.4. The van der Waals surface area contributed by atoms with Gasteiger partial charge < -0.3 is 15.2 Å². The first-order valence-corrected chi connectivity index (χ1v) is 10.3. The third kappa shape index (κ3) is 5.27. The first-order chi connectivity index (χ1) is 15.9. The van der Waals surface area contributed by atoms with Crippen molar-refractivity contribution in [2.24, 2.45) is 0 Å². The molecule has 0 aliphatic heterocycles. The average molecular weight is 445 g/mol. The molecule has 2 heterocycles. The standard InChI is InChI=1S/C24H23N5O4/c1-16-23(25-22(30)15-28-12-11-21(27-28)24(31)32)17(2)29(26-16)14-18-7-6-10-20(13-18)33-19-8-4-3-5-9-19/h3-13H,14-15H2,1-2H3,(H,25,30)(H,31,32). The van der Waals surface area contributed by atoms with Gasteiger partial charge in [0, 0.05) is 6.20 Å². The molecule has 33 heavy (non-hydrogen) atoms. The molecule has 0 aliphatic carbocycles. The fraction of sp³-hybridized carbons (Fsp3) is 0.167. The Bertz CT molecular complexity index is 1290. The molecule has 0 saturated carbocycles. The number of hydrogen-bond acceptors (Lipinski definition) is 5. The van der Waals surface area contributed by atoms with E-state index in [0.717, 1.165) is 22.8 Å². The van der Waals surface area contributed by atoms with Crippen LogP contribution in [-0.4, -0.2) is 36.5 Å². The van der Waals surface area contributed by atoms with Crippen molar-refractivity contribution in [3.05, 3.63) is 89.5 Å². The first kappa shape index (κ1) is 21.8. The van der Waals surface area contributed by atoms with Crippen molar-refractivity contribution in [2.45, 2.75) is 26.9 Å². The molecular weight excluding hydrogens is 422 g/mol. The van der Waals surface area contributed by atoms with E-state index in [1.807, 2.05) is 73.1 Å². The highest BCUT2D eigenvalue weighted by Gasteiger charge is 2.16. The minimum Gasteiger partial charge on any atom is -0.476 e. The number of nitrogens with one attached hydrogen (secondary N) is 1. The van der Waals surface area contributed by atoms with Gasteiger partial charge in [-0.05, 0) is 49.7 Å². The first-order valence-electron chi connectivity index (χ1n) is 10.3. The van der Waals surface area contributed by atoms with E-state index >= 15 is 0 Å². The molecule has 0 unspecified atom stereocenters. The lowest BCUT2D eigenvalue weighted by atomic mass is 10.2. The van der Waals surface area contributed by atoms with E-state index in [2.05, 4.69) is 15.5 Å². The van der Waals surface area contributed by atoms with Gasteiger partial charge in [0.15, 0.2) is 5.69 Å². The molecule has 0 aliphatic rings. The lowest BCUT2D eigenvalue weighted by Crippen LogP contribution is -2.20. The highest BCUT2D eigenvalue weighted by Crippen LogP contribution is 2.24. The van der Waals surface area contributed by atoms with Crippen molar-refractivity contribution >= 4 is 17.6 Å². The Hall–Kier alpha value is -4.40. The maximum Gasteiger partial charge on any atom is 0.356 e. The van der Waals surface area contributed by atoms with Gasteiger partial charge in [-0.3, -0.25) is 14.2 Å². The predicted molar refractivity (Wildman–Crippen MR) is 122 cm³/mol. The van der Waals surface area contributed by atoms with E-state index < -0.39 is 5.97 Å². The minimum absolute atomic E-state index is 0.101. The molecule has 0 atom stereocenters. The van der Waals surface area contributed by atoms with Gasteiger partial charge in [-0.1, -0.05) is 30.3 Å². The lowest BCUT2D eigenvalue weighted by molar-refractivity contribution is -0.116. The highest BCUT2D eigenvalue weighted by molar-refractivity contribution is 5.92. The van der Waals surface area contributed by atoms with E-state index in [1.54, 1.807) is 0 Å². The molecule has 4 rings (SSSR count). The Morgan fingerprint density at radius 1 is 1.00 bits per heavy atom. The van der Waals surface area contributed by atoms with Crippen molar-refractivity contribution < 1.29 is 19.4 Å². The topological polar surface area (TPSA) is 111 Å². The second-order valence-electron chi connectivity index (χ2n) is 7.52. The Morgan fingerprint density at radius 3 is 2.48 bits per heavy atom. The molecule has 0 bridgehead atoms. The summed E-state index contributed by atoms with van der Waals surface area (Å²) in [5.41, 5.74) is 3.01. The van der Waals surface area contributed by atoms with Crippen LogP contribution < -0.4 is 10.1 Å². The molecule has 0 fully saturated rings. The van der Waals surface area contributed by atoms with E-state index in [9.17, 15) is 9.59 Å². The molecule has 2 N–H and O–H groups in total. The van der Waals surface area contributed by atoms with Gasteiger partial charge in [-0.25, -0.2) is 4.79 Å². The quantitative estimate of drug-likeness (QED) is 0.426. The van der Waals surface area contributed by atoms with Crippen molar-refractivity contribution in [3.63, 3.8) is 0 Å². The smallest absolute Gasteiger partial charge is 0.356 e. The van der Waals surface area contributed by atoms with Crippen molar-refractivity contribution in [2.75, 3.05) is 5.32 Å². The van der Waals surface area contributed by atoms with Crippen LogP contribution in [0.2, 0.25) is 0 Å². The van der Waals surface area contributed by atoms with Crippen LogP contribution in [0.25, 0.3) is 0 Å². The van der Waals surface area contributed by atoms with Gasteiger partial charge in [-0.15, -0.1) is 0 Å². The van der Waals surface area contributed by atoms with E-state index in [4.69, 9.17) is 9.84 Å². The fourth-order valence-electron chi connectivity index (χ4n) is 3.43. The molecule has 4 aromatic rings. The Morgan fingerprint density at radius 2 is 1.76 bits per heavy atom. The van der Waals surface area contributed by atoms with Gasteiger partial charge in [0.2, 0.25) is 5.91 Å². The number of hydrogen-bond donors (Lipinski definition) is 2. The molecule has 168 valence electrons. The van der Waals surface area contributed by atoms with E-state index in [-0.39, 0.29) is 18.1 Å². The summed E-state index contributed by atoms with van der Waals surface area (Å²) in [4.78, 5) is 23.4. The molecule has 1 amide bonds. The number of nitrogens with zero attached hydrogens (tertiary/aromatic N) is 4. The Kier molecular flexibility index (Phi) is 6.21. The molecular formula is C24H23N5O4. The number of carbonyl (C=O) groups is 2. The lowest BCUT2D eigenvalue weighted by Gasteiger charge is -2.10. The van der Waals surface area contributed by atoms with Crippen LogP contribution in [0.15, 0.2) is 66.9 Å². The van der Waals surface area contributed by atoms with E-state index in [1.165, 1.54) is 16.9 Å². The third-order valence-electron chi connectivity index (χ3n) is 5.02.